The number of piperidine rings is 1. The van der Waals surface area contributed by atoms with Crippen LogP contribution in [0.1, 0.15) is 54.1 Å². The second kappa shape index (κ2) is 9.78. The fourth-order valence-corrected chi connectivity index (χ4v) is 5.73. The van der Waals surface area contributed by atoms with E-state index in [-0.39, 0.29) is 11.9 Å². The summed E-state index contributed by atoms with van der Waals surface area (Å²) in [6, 6.07) is 16.3. The normalized spacial score (nSPS) is 22.0. The minimum absolute atomic E-state index is 0.0201. The topological polar surface area (TPSA) is 57.4 Å². The summed E-state index contributed by atoms with van der Waals surface area (Å²) in [6.07, 6.45) is 5.74. The fourth-order valence-electron chi connectivity index (χ4n) is 5.55. The first-order chi connectivity index (χ1) is 16.1. The molecule has 1 aliphatic carbocycles. The number of halogens is 1. The molecule has 2 fully saturated rings. The van der Waals surface area contributed by atoms with Gasteiger partial charge in [0.05, 0.1) is 7.11 Å². The fraction of sp³-hybridized carbons (Fsp3) is 0.444. The number of methoxy groups -OCH3 is 1. The van der Waals surface area contributed by atoms with Crippen molar-refractivity contribution in [3.63, 3.8) is 0 Å². The van der Waals surface area contributed by atoms with Gasteiger partial charge in [0.25, 0.3) is 5.91 Å². The van der Waals surface area contributed by atoms with E-state index in [4.69, 9.17) is 16.3 Å². The van der Waals surface area contributed by atoms with Crippen LogP contribution >= 0.6 is 11.6 Å². The summed E-state index contributed by atoms with van der Waals surface area (Å²) in [6.45, 7) is 3.45. The number of ether oxygens (including phenoxy) is 1. The predicted molar refractivity (Wildman–Crippen MR) is 133 cm³/mol. The number of aromatic nitrogens is 1. The first kappa shape index (κ1) is 22.3. The average molecular weight is 466 g/mol. The highest BCUT2D eigenvalue weighted by molar-refractivity contribution is 6.31. The van der Waals surface area contributed by atoms with Gasteiger partial charge in [0, 0.05) is 28.5 Å². The van der Waals surface area contributed by atoms with Crippen LogP contribution in [0.3, 0.4) is 0 Å². The molecule has 1 saturated heterocycles. The standard InChI is InChI=1S/C27H32ClN3O2/c1-33-24-7-3-19(4-8-24)20-10-12-31(13-11-20)17-18-2-6-23(14-18)29-27(32)26-16-21-15-22(28)5-9-25(21)30-26/h3-5,7-9,15-16,18,20,23,30H,2,6,10-14,17H2,1H3,(H,29,32). The highest BCUT2D eigenvalue weighted by Crippen LogP contribution is 2.32. The number of fused-ring (bicyclic) bond motifs is 1. The minimum atomic E-state index is -0.0201. The number of likely N-dealkylation sites (tertiary alicyclic amines) is 1. The molecule has 2 aromatic carbocycles. The molecule has 2 unspecified atom stereocenters. The van der Waals surface area contributed by atoms with E-state index in [2.05, 4.69) is 39.5 Å². The zero-order valence-electron chi connectivity index (χ0n) is 19.1. The molecule has 0 radical (unpaired) electrons. The van der Waals surface area contributed by atoms with Gasteiger partial charge in [-0.25, -0.2) is 0 Å². The number of aromatic amines is 1. The van der Waals surface area contributed by atoms with Gasteiger partial charge < -0.3 is 19.9 Å². The molecule has 2 atom stereocenters. The number of nitrogens with zero attached hydrogens (tertiary/aromatic N) is 1. The van der Waals surface area contributed by atoms with E-state index in [1.165, 1.54) is 24.8 Å². The number of rotatable bonds is 6. The van der Waals surface area contributed by atoms with Gasteiger partial charge in [-0.15, -0.1) is 0 Å². The molecule has 174 valence electrons. The number of hydrogen-bond acceptors (Lipinski definition) is 3. The highest BCUT2D eigenvalue weighted by atomic mass is 35.5. The van der Waals surface area contributed by atoms with Crippen LogP contribution < -0.4 is 10.1 Å². The van der Waals surface area contributed by atoms with Crippen molar-refractivity contribution in [3.8, 4) is 5.75 Å². The molecule has 0 spiro atoms. The Hall–Kier alpha value is -2.50. The summed E-state index contributed by atoms with van der Waals surface area (Å²) in [5.41, 5.74) is 2.97. The Bertz CT molecular complexity index is 1100. The number of carbonyl (C=O) groups is 1. The van der Waals surface area contributed by atoms with Gasteiger partial charge in [0.1, 0.15) is 11.4 Å². The number of hydrogen-bond donors (Lipinski definition) is 2. The lowest BCUT2D eigenvalue weighted by Crippen LogP contribution is -2.37. The summed E-state index contributed by atoms with van der Waals surface area (Å²) in [5, 5.41) is 4.89. The predicted octanol–water partition coefficient (Wildman–Crippen LogP) is 5.61. The van der Waals surface area contributed by atoms with Crippen LogP contribution in [0.15, 0.2) is 48.5 Å². The van der Waals surface area contributed by atoms with Crippen molar-refractivity contribution in [3.05, 3.63) is 64.8 Å². The maximum absolute atomic E-state index is 12.8. The van der Waals surface area contributed by atoms with E-state index in [1.54, 1.807) is 7.11 Å². The van der Waals surface area contributed by atoms with Crippen LogP contribution in [0, 0.1) is 5.92 Å². The Balaban J connectivity index is 1.08. The van der Waals surface area contributed by atoms with Gasteiger partial charge >= 0.3 is 0 Å². The van der Waals surface area contributed by atoms with Crippen molar-refractivity contribution in [1.29, 1.82) is 0 Å². The van der Waals surface area contributed by atoms with Gasteiger partial charge in [-0.05, 0) is 99.0 Å². The zero-order chi connectivity index (χ0) is 22.8. The summed E-state index contributed by atoms with van der Waals surface area (Å²) >= 11 is 6.07. The molecule has 2 heterocycles. The number of nitrogens with one attached hydrogen (secondary N) is 2. The zero-order valence-corrected chi connectivity index (χ0v) is 19.9. The third kappa shape index (κ3) is 5.20. The summed E-state index contributed by atoms with van der Waals surface area (Å²) in [5.74, 6) is 2.21. The van der Waals surface area contributed by atoms with Gasteiger partial charge in [0.2, 0.25) is 0 Å². The Morgan fingerprint density at radius 1 is 1.09 bits per heavy atom. The molecular weight excluding hydrogens is 434 g/mol. The highest BCUT2D eigenvalue weighted by Gasteiger charge is 2.29. The second-order valence-electron chi connectivity index (χ2n) is 9.61. The Labute approximate surface area is 200 Å². The first-order valence-electron chi connectivity index (χ1n) is 12.0. The van der Waals surface area contributed by atoms with Gasteiger partial charge in [-0.1, -0.05) is 23.7 Å². The Morgan fingerprint density at radius 2 is 1.88 bits per heavy atom. The van der Waals surface area contributed by atoms with Crippen LogP contribution in [0.2, 0.25) is 5.02 Å². The van der Waals surface area contributed by atoms with Crippen LogP contribution in [0.5, 0.6) is 5.75 Å². The molecule has 1 aliphatic heterocycles. The molecule has 6 heteroatoms. The number of amides is 1. The first-order valence-corrected chi connectivity index (χ1v) is 12.4. The lowest BCUT2D eigenvalue weighted by Gasteiger charge is -2.33. The van der Waals surface area contributed by atoms with Crippen LogP contribution in [0.4, 0.5) is 0 Å². The third-order valence-electron chi connectivity index (χ3n) is 7.40. The summed E-state index contributed by atoms with van der Waals surface area (Å²) < 4.78 is 5.28. The van der Waals surface area contributed by atoms with E-state index in [0.717, 1.165) is 49.1 Å². The Morgan fingerprint density at radius 3 is 2.64 bits per heavy atom. The molecule has 1 aromatic heterocycles. The minimum Gasteiger partial charge on any atom is -0.497 e. The molecule has 2 aliphatic rings. The second-order valence-corrected chi connectivity index (χ2v) is 10.0. The maximum atomic E-state index is 12.8. The number of benzene rings is 2. The summed E-state index contributed by atoms with van der Waals surface area (Å²) in [4.78, 5) is 18.6. The van der Waals surface area contributed by atoms with Crippen LogP contribution in [-0.4, -0.2) is 48.6 Å². The smallest absolute Gasteiger partial charge is 0.267 e. The van der Waals surface area contributed by atoms with Crippen molar-refractivity contribution in [2.75, 3.05) is 26.7 Å². The average Bonchev–Trinajstić information content (AvgIpc) is 3.46. The lowest BCUT2D eigenvalue weighted by molar-refractivity contribution is 0.0932. The maximum Gasteiger partial charge on any atom is 0.267 e. The number of H-pyrrole nitrogens is 1. The van der Waals surface area contributed by atoms with E-state index >= 15 is 0 Å². The van der Waals surface area contributed by atoms with Gasteiger partial charge in [-0.2, -0.15) is 0 Å². The van der Waals surface area contributed by atoms with E-state index < -0.39 is 0 Å². The SMILES string of the molecule is COc1ccc(C2CCN(CC3CCC(NC(=O)c4cc5cc(Cl)ccc5[nH]4)C3)CC2)cc1. The van der Waals surface area contributed by atoms with E-state index in [9.17, 15) is 4.79 Å². The van der Waals surface area contributed by atoms with Crippen molar-refractivity contribution < 1.29 is 9.53 Å². The largest absolute Gasteiger partial charge is 0.497 e. The van der Waals surface area contributed by atoms with E-state index in [1.807, 2.05) is 24.3 Å². The molecule has 0 bridgehead atoms. The molecule has 3 aromatic rings. The molecular formula is C27H32ClN3O2. The number of carbonyl (C=O) groups excluding carboxylic acids is 1. The van der Waals surface area contributed by atoms with Crippen molar-refractivity contribution >= 4 is 28.4 Å². The quantitative estimate of drug-likeness (QED) is 0.497. The molecule has 5 nitrogen and oxygen atoms in total. The molecule has 1 amide bonds. The third-order valence-corrected chi connectivity index (χ3v) is 7.63. The molecule has 2 N–H and O–H groups in total. The Kier molecular flexibility index (Phi) is 6.61. The van der Waals surface area contributed by atoms with E-state index in [0.29, 0.717) is 22.6 Å². The van der Waals surface area contributed by atoms with Crippen molar-refractivity contribution in [2.24, 2.45) is 5.92 Å². The van der Waals surface area contributed by atoms with Crippen LogP contribution in [-0.2, 0) is 0 Å². The summed E-state index contributed by atoms with van der Waals surface area (Å²) in [7, 11) is 1.71. The lowest BCUT2D eigenvalue weighted by atomic mass is 9.89. The van der Waals surface area contributed by atoms with Crippen molar-refractivity contribution in [2.45, 2.75) is 44.1 Å². The monoisotopic (exact) mass is 465 g/mol. The van der Waals surface area contributed by atoms with Gasteiger partial charge in [-0.3, -0.25) is 4.79 Å². The van der Waals surface area contributed by atoms with Crippen LogP contribution in [0.25, 0.3) is 10.9 Å². The molecule has 33 heavy (non-hydrogen) atoms. The van der Waals surface area contributed by atoms with Gasteiger partial charge in [0.15, 0.2) is 0 Å². The molecule has 1 saturated carbocycles. The van der Waals surface area contributed by atoms with Crippen molar-refractivity contribution in [1.82, 2.24) is 15.2 Å². The molecule has 5 rings (SSSR count).